The smallest absolute Gasteiger partial charge is 0.0862 e. The maximum Gasteiger partial charge on any atom is 0.0862 e. The van der Waals surface area contributed by atoms with Crippen molar-refractivity contribution in [3.63, 3.8) is 0 Å². The van der Waals surface area contributed by atoms with Crippen molar-refractivity contribution in [3.05, 3.63) is 16.5 Å². The predicted octanol–water partition coefficient (Wildman–Crippen LogP) is 2.94. The second-order valence-corrected chi connectivity index (χ2v) is 5.16. The van der Waals surface area contributed by atoms with Gasteiger partial charge in [0.2, 0.25) is 0 Å². The van der Waals surface area contributed by atoms with Crippen molar-refractivity contribution in [1.29, 1.82) is 0 Å². The Labute approximate surface area is 72.2 Å². The molecule has 0 amide bonds. The molecule has 1 heterocycles. The summed E-state index contributed by atoms with van der Waals surface area (Å²) in [7, 11) is 0. The molecule has 0 spiro atoms. The van der Waals surface area contributed by atoms with Crippen molar-refractivity contribution < 1.29 is 0 Å². The molecule has 0 bridgehead atoms. The van der Waals surface area contributed by atoms with Crippen LogP contribution in [-0.4, -0.2) is 0 Å². The number of thiophene rings is 1. The monoisotopic (exact) mass is 169 g/mol. The molecule has 0 aliphatic heterocycles. The lowest BCUT2D eigenvalue weighted by Gasteiger charge is -2.17. The van der Waals surface area contributed by atoms with Gasteiger partial charge in [-0.3, -0.25) is 0 Å². The molecule has 0 saturated heterocycles. The zero-order valence-corrected chi connectivity index (χ0v) is 8.38. The van der Waals surface area contributed by atoms with E-state index in [1.165, 1.54) is 10.4 Å². The fraction of sp³-hybridized carbons (Fsp3) is 0.556. The Kier molecular flexibility index (Phi) is 1.97. The standard InChI is InChI=1S/C9H15NS/c1-6-7(9(2,3)4)5-8(10)11-6/h5H,10H2,1-4H3. The van der Waals surface area contributed by atoms with E-state index in [4.69, 9.17) is 5.73 Å². The molecule has 1 nitrogen and oxygen atoms in total. The summed E-state index contributed by atoms with van der Waals surface area (Å²) in [6, 6.07) is 2.08. The van der Waals surface area contributed by atoms with Crippen molar-refractivity contribution in [3.8, 4) is 0 Å². The van der Waals surface area contributed by atoms with Crippen LogP contribution in [0.15, 0.2) is 6.07 Å². The molecule has 0 radical (unpaired) electrons. The van der Waals surface area contributed by atoms with E-state index in [1.807, 2.05) is 0 Å². The van der Waals surface area contributed by atoms with Crippen LogP contribution in [0.5, 0.6) is 0 Å². The molecule has 1 rings (SSSR count). The van der Waals surface area contributed by atoms with Crippen molar-refractivity contribution in [2.24, 2.45) is 0 Å². The largest absolute Gasteiger partial charge is 0.391 e. The molecule has 11 heavy (non-hydrogen) atoms. The first kappa shape index (κ1) is 8.60. The Bertz CT molecular complexity index is 255. The van der Waals surface area contributed by atoms with E-state index in [0.717, 1.165) is 5.00 Å². The van der Waals surface area contributed by atoms with E-state index >= 15 is 0 Å². The maximum atomic E-state index is 5.69. The van der Waals surface area contributed by atoms with Crippen LogP contribution in [0.1, 0.15) is 31.2 Å². The summed E-state index contributed by atoms with van der Waals surface area (Å²) >= 11 is 1.67. The molecule has 0 unspecified atom stereocenters. The number of aryl methyl sites for hydroxylation is 1. The van der Waals surface area contributed by atoms with Gasteiger partial charge in [-0.25, -0.2) is 0 Å². The van der Waals surface area contributed by atoms with Crippen molar-refractivity contribution in [2.45, 2.75) is 33.1 Å². The molecular weight excluding hydrogens is 154 g/mol. The number of nitrogen functional groups attached to an aromatic ring is 1. The third kappa shape index (κ3) is 1.74. The fourth-order valence-electron chi connectivity index (χ4n) is 1.25. The van der Waals surface area contributed by atoms with Crippen LogP contribution in [0.4, 0.5) is 5.00 Å². The Balaban J connectivity index is 3.13. The molecule has 2 N–H and O–H groups in total. The summed E-state index contributed by atoms with van der Waals surface area (Å²) in [5.41, 5.74) is 7.30. The highest BCUT2D eigenvalue weighted by molar-refractivity contribution is 7.16. The topological polar surface area (TPSA) is 26.0 Å². The maximum absolute atomic E-state index is 5.69. The molecule has 0 fully saturated rings. The van der Waals surface area contributed by atoms with Crippen LogP contribution < -0.4 is 5.73 Å². The van der Waals surface area contributed by atoms with E-state index in [0.29, 0.717) is 0 Å². The molecule has 62 valence electrons. The number of nitrogens with two attached hydrogens (primary N) is 1. The second-order valence-electron chi connectivity index (χ2n) is 3.87. The first-order valence-corrected chi connectivity index (χ1v) is 4.59. The minimum atomic E-state index is 0.234. The van der Waals surface area contributed by atoms with Gasteiger partial charge in [-0.05, 0) is 24.0 Å². The van der Waals surface area contributed by atoms with Gasteiger partial charge in [-0.1, -0.05) is 20.8 Å². The van der Waals surface area contributed by atoms with E-state index in [-0.39, 0.29) is 5.41 Å². The normalized spacial score (nSPS) is 12.0. The summed E-state index contributed by atoms with van der Waals surface area (Å²) in [6.07, 6.45) is 0. The van der Waals surface area contributed by atoms with Crippen LogP contribution in [0.2, 0.25) is 0 Å². The molecule has 1 aromatic heterocycles. The quantitative estimate of drug-likeness (QED) is 0.635. The Morgan fingerprint density at radius 3 is 2.09 bits per heavy atom. The number of hydrogen-bond acceptors (Lipinski definition) is 2. The van der Waals surface area contributed by atoms with Crippen molar-refractivity contribution in [1.82, 2.24) is 0 Å². The molecular formula is C9H15NS. The zero-order valence-electron chi connectivity index (χ0n) is 7.56. The molecule has 0 aliphatic rings. The molecule has 1 aromatic rings. The minimum absolute atomic E-state index is 0.234. The van der Waals surface area contributed by atoms with Crippen LogP contribution in [0.3, 0.4) is 0 Å². The Hall–Kier alpha value is -0.500. The lowest BCUT2D eigenvalue weighted by molar-refractivity contribution is 0.589. The average Bonchev–Trinajstić information content (AvgIpc) is 2.08. The third-order valence-electron chi connectivity index (χ3n) is 1.74. The van der Waals surface area contributed by atoms with Crippen molar-refractivity contribution in [2.75, 3.05) is 5.73 Å². The Morgan fingerprint density at radius 1 is 1.36 bits per heavy atom. The van der Waals surface area contributed by atoms with Gasteiger partial charge in [-0.2, -0.15) is 0 Å². The SMILES string of the molecule is Cc1sc(N)cc1C(C)(C)C. The molecule has 0 aromatic carbocycles. The van der Waals surface area contributed by atoms with Crippen molar-refractivity contribution >= 4 is 16.3 Å². The Morgan fingerprint density at radius 2 is 1.91 bits per heavy atom. The van der Waals surface area contributed by atoms with Gasteiger partial charge < -0.3 is 5.73 Å². The van der Waals surface area contributed by atoms with E-state index in [2.05, 4.69) is 33.8 Å². The lowest BCUT2D eigenvalue weighted by Crippen LogP contribution is -2.10. The lowest BCUT2D eigenvalue weighted by atomic mass is 9.87. The van der Waals surface area contributed by atoms with E-state index in [9.17, 15) is 0 Å². The molecule has 0 aliphatic carbocycles. The van der Waals surface area contributed by atoms with Gasteiger partial charge in [0.25, 0.3) is 0 Å². The van der Waals surface area contributed by atoms with Gasteiger partial charge in [0, 0.05) is 4.88 Å². The van der Waals surface area contributed by atoms with E-state index in [1.54, 1.807) is 11.3 Å². The first-order valence-electron chi connectivity index (χ1n) is 3.77. The number of anilines is 1. The van der Waals surface area contributed by atoms with Gasteiger partial charge in [0.05, 0.1) is 5.00 Å². The summed E-state index contributed by atoms with van der Waals surface area (Å²) in [5.74, 6) is 0. The van der Waals surface area contributed by atoms with Gasteiger partial charge >= 0.3 is 0 Å². The zero-order chi connectivity index (χ0) is 8.65. The number of rotatable bonds is 0. The third-order valence-corrected chi connectivity index (χ3v) is 2.62. The fourth-order valence-corrected chi connectivity index (χ4v) is 2.26. The summed E-state index contributed by atoms with van der Waals surface area (Å²) in [6.45, 7) is 8.76. The van der Waals surface area contributed by atoms with E-state index < -0.39 is 0 Å². The molecule has 0 saturated carbocycles. The van der Waals surface area contributed by atoms with Crippen LogP contribution in [-0.2, 0) is 5.41 Å². The highest BCUT2D eigenvalue weighted by Gasteiger charge is 2.17. The number of hydrogen-bond donors (Lipinski definition) is 1. The summed E-state index contributed by atoms with van der Waals surface area (Å²) in [4.78, 5) is 1.34. The minimum Gasteiger partial charge on any atom is -0.391 e. The van der Waals surface area contributed by atoms with Crippen LogP contribution in [0.25, 0.3) is 0 Å². The van der Waals surface area contributed by atoms with Gasteiger partial charge in [-0.15, -0.1) is 11.3 Å². The van der Waals surface area contributed by atoms with Crippen LogP contribution >= 0.6 is 11.3 Å². The predicted molar refractivity (Wildman–Crippen MR) is 52.2 cm³/mol. The summed E-state index contributed by atoms with van der Waals surface area (Å²) in [5, 5.41) is 0.924. The first-order chi connectivity index (χ1) is 4.91. The average molecular weight is 169 g/mol. The second kappa shape index (κ2) is 2.52. The van der Waals surface area contributed by atoms with Crippen LogP contribution in [0, 0.1) is 6.92 Å². The van der Waals surface area contributed by atoms with Gasteiger partial charge in [0.15, 0.2) is 0 Å². The highest BCUT2D eigenvalue weighted by atomic mass is 32.1. The van der Waals surface area contributed by atoms with Gasteiger partial charge in [0.1, 0.15) is 0 Å². The highest BCUT2D eigenvalue weighted by Crippen LogP contribution is 2.32. The molecule has 2 heteroatoms. The molecule has 0 atom stereocenters. The summed E-state index contributed by atoms with van der Waals surface area (Å²) < 4.78 is 0.